The topological polar surface area (TPSA) is 48.5 Å². The Kier molecular flexibility index (Phi) is 6.73. The zero-order valence-corrected chi connectivity index (χ0v) is 25.6. The summed E-state index contributed by atoms with van der Waals surface area (Å²) in [6, 6.07) is 23.8. The van der Waals surface area contributed by atoms with Crippen LogP contribution in [0.2, 0.25) is 10.0 Å². The molecule has 2 aliphatic rings. The average Bonchev–Trinajstić information content (AvgIpc) is 3.46. The maximum absolute atomic E-state index is 14.3. The fourth-order valence-corrected chi connectivity index (χ4v) is 7.57. The van der Waals surface area contributed by atoms with Crippen LogP contribution in [0.15, 0.2) is 88.2 Å². The van der Waals surface area contributed by atoms with Crippen LogP contribution in [-0.2, 0) is 6.42 Å². The van der Waals surface area contributed by atoms with Gasteiger partial charge in [0.1, 0.15) is 5.75 Å². The molecule has 1 aliphatic heterocycles. The van der Waals surface area contributed by atoms with E-state index in [1.54, 1.807) is 13.2 Å². The van der Waals surface area contributed by atoms with Crippen molar-refractivity contribution in [2.75, 3.05) is 7.11 Å². The van der Waals surface area contributed by atoms with E-state index in [1.807, 2.05) is 54.8 Å². The van der Waals surface area contributed by atoms with Gasteiger partial charge in [0.25, 0.3) is 5.56 Å². The highest BCUT2D eigenvalue weighted by Crippen LogP contribution is 2.43. The summed E-state index contributed by atoms with van der Waals surface area (Å²) in [5.74, 6) is 0.759. The Hall–Kier alpha value is -3.84. The summed E-state index contributed by atoms with van der Waals surface area (Å²) in [7, 11) is 1.68. The summed E-state index contributed by atoms with van der Waals surface area (Å²) < 4.78 is 10.4. The second-order valence-corrected chi connectivity index (χ2v) is 12.4. The van der Waals surface area contributed by atoms with Crippen molar-refractivity contribution >= 4 is 46.3 Å². The molecule has 1 aliphatic carbocycles. The van der Waals surface area contributed by atoms with Crippen molar-refractivity contribution in [2.45, 2.75) is 32.7 Å². The fourth-order valence-electron chi connectivity index (χ4n) is 6.29. The number of para-hydroxylation sites is 1. The molecular weight excluding hydrogens is 585 g/mol. The Morgan fingerprint density at radius 1 is 0.976 bits per heavy atom. The lowest BCUT2D eigenvalue weighted by atomic mass is 9.83. The van der Waals surface area contributed by atoms with Gasteiger partial charge >= 0.3 is 0 Å². The minimum Gasteiger partial charge on any atom is -0.496 e. The van der Waals surface area contributed by atoms with Crippen LogP contribution in [0.1, 0.15) is 46.1 Å². The number of methoxy groups -OCH3 is 1. The largest absolute Gasteiger partial charge is 0.496 e. The number of allylic oxidation sites excluding steroid dienone is 1. The van der Waals surface area contributed by atoms with Crippen LogP contribution in [0.3, 0.4) is 0 Å². The van der Waals surface area contributed by atoms with Gasteiger partial charge in [0, 0.05) is 28.2 Å². The minimum absolute atomic E-state index is 0.0561. The Bertz CT molecular complexity index is 2120. The normalized spacial score (nSPS) is 16.1. The Labute approximate surface area is 257 Å². The smallest absolute Gasteiger partial charge is 0.271 e. The highest BCUT2D eigenvalue weighted by molar-refractivity contribution is 7.07. The molecule has 3 aromatic carbocycles. The first-order chi connectivity index (χ1) is 20.4. The standard InChI is InChI=1S/C34H27Cl2N3O2S/c1-19-16-22(20(2)38(19)23-13-15-27(35)28(36)18-23)17-30-33(40)39-32(25-10-6-7-11-29(25)41-3)26-14-12-21-8-4-5-9-24(21)31(26)37-34(39)42-30/h4-11,13,15-18,32H,12,14H2,1-3H3/b30-17+/t32-/m1/s1. The van der Waals surface area contributed by atoms with E-state index in [1.165, 1.54) is 16.9 Å². The molecular formula is C34H27Cl2N3O2S. The molecule has 0 N–H and O–H groups in total. The Balaban J connectivity index is 1.44. The van der Waals surface area contributed by atoms with Gasteiger partial charge in [-0.05, 0) is 79.8 Å². The zero-order valence-electron chi connectivity index (χ0n) is 23.3. The molecule has 0 saturated carbocycles. The Morgan fingerprint density at radius 2 is 1.76 bits per heavy atom. The van der Waals surface area contributed by atoms with E-state index in [9.17, 15) is 4.79 Å². The van der Waals surface area contributed by atoms with Crippen molar-refractivity contribution in [3.05, 3.63) is 142 Å². The quantitative estimate of drug-likeness (QED) is 0.219. The lowest BCUT2D eigenvalue weighted by Gasteiger charge is -2.31. The van der Waals surface area contributed by atoms with E-state index in [0.717, 1.165) is 63.6 Å². The maximum atomic E-state index is 14.3. The number of aryl methyl sites for hydroxylation is 2. The molecule has 0 fully saturated rings. The number of halogens is 2. The third-order valence-corrected chi connectivity index (χ3v) is 9.95. The lowest BCUT2D eigenvalue weighted by Crippen LogP contribution is -2.39. The lowest BCUT2D eigenvalue weighted by molar-refractivity contribution is 0.402. The van der Waals surface area contributed by atoms with E-state index >= 15 is 0 Å². The van der Waals surface area contributed by atoms with Crippen molar-refractivity contribution < 1.29 is 4.74 Å². The number of benzene rings is 3. The summed E-state index contributed by atoms with van der Waals surface area (Å²) in [5, 5.41) is 1.01. The first-order valence-electron chi connectivity index (χ1n) is 13.8. The van der Waals surface area contributed by atoms with Gasteiger partial charge in [-0.1, -0.05) is 77.0 Å². The van der Waals surface area contributed by atoms with Crippen molar-refractivity contribution in [1.82, 2.24) is 9.13 Å². The molecule has 210 valence electrons. The number of hydrogen-bond acceptors (Lipinski definition) is 4. The maximum Gasteiger partial charge on any atom is 0.271 e. The number of fused-ring (bicyclic) bond motifs is 3. The highest BCUT2D eigenvalue weighted by atomic mass is 35.5. The molecule has 42 heavy (non-hydrogen) atoms. The second kappa shape index (κ2) is 10.5. The number of rotatable bonds is 4. The van der Waals surface area contributed by atoms with E-state index < -0.39 is 0 Å². The van der Waals surface area contributed by atoms with Crippen LogP contribution in [0.25, 0.3) is 17.5 Å². The van der Waals surface area contributed by atoms with Crippen molar-refractivity contribution in [3.8, 4) is 11.4 Å². The number of hydrogen-bond donors (Lipinski definition) is 0. The number of thiazole rings is 1. The van der Waals surface area contributed by atoms with Crippen LogP contribution in [0, 0.1) is 13.8 Å². The first-order valence-corrected chi connectivity index (χ1v) is 15.3. The third kappa shape index (κ3) is 4.28. The number of ether oxygens (including phenoxy) is 1. The summed E-state index contributed by atoms with van der Waals surface area (Å²) in [6.07, 6.45) is 3.71. The predicted molar refractivity (Wildman–Crippen MR) is 171 cm³/mol. The predicted octanol–water partition coefficient (Wildman–Crippen LogP) is 7.04. The first kappa shape index (κ1) is 27.0. The zero-order chi connectivity index (χ0) is 29.1. The average molecular weight is 613 g/mol. The molecule has 8 heteroatoms. The van der Waals surface area contributed by atoms with Crippen LogP contribution >= 0.6 is 34.5 Å². The molecule has 2 aromatic heterocycles. The van der Waals surface area contributed by atoms with E-state index in [4.69, 9.17) is 32.9 Å². The van der Waals surface area contributed by atoms with Crippen LogP contribution in [-0.4, -0.2) is 16.2 Å². The van der Waals surface area contributed by atoms with Crippen molar-refractivity contribution in [3.63, 3.8) is 0 Å². The van der Waals surface area contributed by atoms with Crippen LogP contribution < -0.4 is 19.6 Å². The molecule has 3 heterocycles. The van der Waals surface area contributed by atoms with Gasteiger partial charge in [-0.25, -0.2) is 4.99 Å². The van der Waals surface area contributed by atoms with Crippen LogP contribution in [0.5, 0.6) is 5.75 Å². The molecule has 0 unspecified atom stereocenters. The highest BCUT2D eigenvalue weighted by Gasteiger charge is 2.34. The van der Waals surface area contributed by atoms with E-state index in [0.29, 0.717) is 19.4 Å². The summed E-state index contributed by atoms with van der Waals surface area (Å²) in [5.41, 5.74) is 9.37. The second-order valence-electron chi connectivity index (χ2n) is 10.6. The van der Waals surface area contributed by atoms with Crippen LogP contribution in [0.4, 0.5) is 0 Å². The monoisotopic (exact) mass is 611 g/mol. The minimum atomic E-state index is -0.299. The number of aromatic nitrogens is 2. The summed E-state index contributed by atoms with van der Waals surface area (Å²) >= 11 is 13.9. The molecule has 7 rings (SSSR count). The molecule has 5 nitrogen and oxygen atoms in total. The van der Waals surface area contributed by atoms with E-state index in [2.05, 4.69) is 41.0 Å². The number of nitrogens with zero attached hydrogens (tertiary/aromatic N) is 3. The molecule has 5 aromatic rings. The fraction of sp³-hybridized carbons (Fsp3) is 0.176. The Morgan fingerprint density at radius 3 is 2.57 bits per heavy atom. The van der Waals surface area contributed by atoms with Gasteiger partial charge < -0.3 is 9.30 Å². The molecule has 0 spiro atoms. The van der Waals surface area contributed by atoms with Gasteiger partial charge in [-0.3, -0.25) is 9.36 Å². The van der Waals surface area contributed by atoms with Gasteiger partial charge in [0.15, 0.2) is 4.80 Å². The van der Waals surface area contributed by atoms with Crippen molar-refractivity contribution in [1.29, 1.82) is 0 Å². The molecule has 0 radical (unpaired) electrons. The van der Waals surface area contributed by atoms with E-state index in [-0.39, 0.29) is 11.6 Å². The summed E-state index contributed by atoms with van der Waals surface area (Å²) in [6.45, 7) is 4.09. The van der Waals surface area contributed by atoms with Gasteiger partial charge in [-0.2, -0.15) is 0 Å². The molecule has 0 amide bonds. The van der Waals surface area contributed by atoms with Gasteiger partial charge in [-0.15, -0.1) is 0 Å². The molecule has 0 saturated heterocycles. The molecule has 1 atom stereocenters. The van der Waals surface area contributed by atoms with Gasteiger partial charge in [0.05, 0.1) is 33.4 Å². The van der Waals surface area contributed by atoms with Crippen molar-refractivity contribution in [2.24, 2.45) is 4.99 Å². The van der Waals surface area contributed by atoms with Gasteiger partial charge in [0.2, 0.25) is 0 Å². The SMILES string of the molecule is COc1ccccc1[C@@H]1C2=C(N=c3s/c(=C/c4cc(C)n(-c5ccc(Cl)c(Cl)c5)c4C)c(=O)n31)c1ccccc1CC2. The summed E-state index contributed by atoms with van der Waals surface area (Å²) in [4.78, 5) is 20.1. The third-order valence-electron chi connectivity index (χ3n) is 8.22. The molecule has 0 bridgehead atoms.